The van der Waals surface area contributed by atoms with Crippen LogP contribution in [0.25, 0.3) is 0 Å². The van der Waals surface area contributed by atoms with Crippen molar-refractivity contribution in [3.8, 4) is 0 Å². The van der Waals surface area contributed by atoms with Crippen LogP contribution >= 0.6 is 46.4 Å². The number of halogens is 4. The Labute approximate surface area is 159 Å². The molecule has 0 radical (unpaired) electrons. The number of hydrogen-bond acceptors (Lipinski definition) is 2. The van der Waals surface area contributed by atoms with Crippen molar-refractivity contribution in [2.45, 2.75) is 12.8 Å². The van der Waals surface area contributed by atoms with Gasteiger partial charge < -0.3 is 0 Å². The van der Waals surface area contributed by atoms with Crippen molar-refractivity contribution in [3.05, 3.63) is 67.6 Å². The van der Waals surface area contributed by atoms with Crippen LogP contribution in [0.1, 0.15) is 28.8 Å². The van der Waals surface area contributed by atoms with Crippen LogP contribution in [0.4, 0.5) is 0 Å². The number of carbonyl (C=O) groups excluding carboxylic acids is 1. The van der Waals surface area contributed by atoms with Gasteiger partial charge in [0.1, 0.15) is 0 Å². The van der Waals surface area contributed by atoms with E-state index >= 15 is 0 Å². The second kappa shape index (κ2) is 7.32. The molecule has 7 heteroatoms. The maximum atomic E-state index is 12.7. The van der Waals surface area contributed by atoms with Crippen LogP contribution in [0.5, 0.6) is 0 Å². The maximum Gasteiger partial charge on any atom is 0.274 e. The molecule has 1 heterocycles. The van der Waals surface area contributed by atoms with Gasteiger partial charge in [-0.15, -0.1) is 0 Å². The normalized spacial score (nSPS) is 14.5. The molecule has 124 valence electrons. The Balaban J connectivity index is 1.91. The third kappa shape index (κ3) is 3.86. The lowest BCUT2D eigenvalue weighted by molar-refractivity contribution is 0.0751. The van der Waals surface area contributed by atoms with E-state index in [9.17, 15) is 4.79 Å². The highest BCUT2D eigenvalue weighted by atomic mass is 35.5. The van der Waals surface area contributed by atoms with Crippen molar-refractivity contribution in [1.82, 2.24) is 5.01 Å². The topological polar surface area (TPSA) is 32.7 Å². The molecule has 0 saturated heterocycles. The highest BCUT2D eigenvalue weighted by Gasteiger charge is 2.21. The molecular formula is C17H12Cl4N2O. The number of amides is 1. The zero-order valence-electron chi connectivity index (χ0n) is 12.4. The Morgan fingerprint density at radius 1 is 0.958 bits per heavy atom. The molecule has 0 bridgehead atoms. The Morgan fingerprint density at radius 3 is 2.33 bits per heavy atom. The lowest BCUT2D eigenvalue weighted by Gasteiger charge is -2.24. The van der Waals surface area contributed by atoms with E-state index in [1.807, 2.05) is 6.07 Å². The summed E-state index contributed by atoms with van der Waals surface area (Å²) in [5, 5.41) is 7.68. The van der Waals surface area contributed by atoms with Gasteiger partial charge in [-0.05, 0) is 48.7 Å². The predicted molar refractivity (Wildman–Crippen MR) is 99.7 cm³/mol. The minimum Gasteiger partial charge on any atom is -0.267 e. The van der Waals surface area contributed by atoms with Crippen LogP contribution in [0.2, 0.25) is 20.1 Å². The van der Waals surface area contributed by atoms with E-state index in [0.29, 0.717) is 32.2 Å². The van der Waals surface area contributed by atoms with Gasteiger partial charge in [0, 0.05) is 22.2 Å². The first kappa shape index (κ1) is 17.6. The smallest absolute Gasteiger partial charge is 0.267 e. The minimum absolute atomic E-state index is 0.239. The fourth-order valence-electron chi connectivity index (χ4n) is 2.49. The van der Waals surface area contributed by atoms with E-state index in [1.54, 1.807) is 30.3 Å². The second-order valence-electron chi connectivity index (χ2n) is 5.37. The summed E-state index contributed by atoms with van der Waals surface area (Å²) in [6.07, 6.45) is 1.57. The Hall–Kier alpha value is -1.26. The number of rotatable bonds is 2. The van der Waals surface area contributed by atoms with Crippen molar-refractivity contribution in [2.24, 2.45) is 5.10 Å². The molecule has 0 spiro atoms. The number of nitrogens with zero attached hydrogens (tertiary/aromatic N) is 2. The third-order valence-corrected chi connectivity index (χ3v) is 4.80. The van der Waals surface area contributed by atoms with E-state index in [4.69, 9.17) is 46.4 Å². The molecule has 0 aromatic heterocycles. The zero-order chi connectivity index (χ0) is 17.3. The van der Waals surface area contributed by atoms with Gasteiger partial charge in [0.15, 0.2) is 0 Å². The molecule has 0 fully saturated rings. The van der Waals surface area contributed by atoms with E-state index in [-0.39, 0.29) is 5.91 Å². The molecule has 2 aromatic carbocycles. The van der Waals surface area contributed by atoms with Crippen LogP contribution in [0.3, 0.4) is 0 Å². The average Bonchev–Trinajstić information content (AvgIpc) is 2.56. The van der Waals surface area contributed by atoms with Crippen molar-refractivity contribution < 1.29 is 4.79 Å². The molecule has 0 atom stereocenters. The molecular weight excluding hydrogens is 390 g/mol. The molecule has 24 heavy (non-hydrogen) atoms. The van der Waals surface area contributed by atoms with Gasteiger partial charge in [0.25, 0.3) is 5.91 Å². The first-order valence-corrected chi connectivity index (χ1v) is 8.76. The summed E-state index contributed by atoms with van der Waals surface area (Å²) in [6.45, 7) is 0.536. The predicted octanol–water partition coefficient (Wildman–Crippen LogP) is 5.94. The molecule has 1 aliphatic heterocycles. The highest BCUT2D eigenvalue weighted by molar-refractivity contribution is 6.42. The van der Waals surface area contributed by atoms with Crippen molar-refractivity contribution >= 4 is 58.0 Å². The van der Waals surface area contributed by atoms with Gasteiger partial charge >= 0.3 is 0 Å². The van der Waals surface area contributed by atoms with Crippen LogP contribution in [0, 0.1) is 0 Å². The van der Waals surface area contributed by atoms with Gasteiger partial charge in [-0.3, -0.25) is 4.79 Å². The molecule has 1 aliphatic rings. The summed E-state index contributed by atoms with van der Waals surface area (Å²) < 4.78 is 0. The molecule has 3 nitrogen and oxygen atoms in total. The van der Waals surface area contributed by atoms with Crippen LogP contribution < -0.4 is 0 Å². The largest absolute Gasteiger partial charge is 0.274 e. The summed E-state index contributed by atoms with van der Waals surface area (Å²) in [5.41, 5.74) is 2.05. The molecule has 0 aliphatic carbocycles. The van der Waals surface area contributed by atoms with Crippen molar-refractivity contribution in [1.29, 1.82) is 0 Å². The van der Waals surface area contributed by atoms with E-state index < -0.39 is 0 Å². The van der Waals surface area contributed by atoms with Crippen LogP contribution in [0.15, 0.2) is 41.5 Å². The average molecular weight is 402 g/mol. The van der Waals surface area contributed by atoms with Crippen LogP contribution in [-0.2, 0) is 0 Å². The number of carbonyl (C=O) groups is 1. The van der Waals surface area contributed by atoms with E-state index in [1.165, 1.54) is 5.01 Å². The van der Waals surface area contributed by atoms with Gasteiger partial charge in [-0.25, -0.2) is 5.01 Å². The van der Waals surface area contributed by atoms with Crippen molar-refractivity contribution in [2.75, 3.05) is 6.54 Å². The first-order valence-electron chi connectivity index (χ1n) is 7.25. The molecule has 2 aromatic rings. The summed E-state index contributed by atoms with van der Waals surface area (Å²) in [5.74, 6) is -0.239. The third-order valence-electron chi connectivity index (χ3n) is 3.62. The number of hydrazone groups is 1. The van der Waals surface area contributed by atoms with E-state index in [0.717, 1.165) is 24.1 Å². The van der Waals surface area contributed by atoms with Gasteiger partial charge in [-0.2, -0.15) is 5.10 Å². The summed E-state index contributed by atoms with van der Waals surface area (Å²) in [4.78, 5) is 12.7. The Morgan fingerprint density at radius 2 is 1.67 bits per heavy atom. The molecule has 1 amide bonds. The number of hydrogen-bond donors (Lipinski definition) is 0. The molecule has 0 unspecified atom stereocenters. The maximum absolute atomic E-state index is 12.7. The molecule has 3 rings (SSSR count). The van der Waals surface area contributed by atoms with Gasteiger partial charge in [0.2, 0.25) is 0 Å². The SMILES string of the molecule is O=C(c1cc(Cl)cc(Cl)c1)N1CCCC(c2ccc(Cl)c(Cl)c2)=N1. The lowest BCUT2D eigenvalue weighted by atomic mass is 10.0. The lowest BCUT2D eigenvalue weighted by Crippen LogP contribution is -2.32. The van der Waals surface area contributed by atoms with Gasteiger partial charge in [0.05, 0.1) is 15.8 Å². The first-order chi connectivity index (χ1) is 11.4. The Kier molecular flexibility index (Phi) is 5.36. The van der Waals surface area contributed by atoms with Crippen molar-refractivity contribution in [3.63, 3.8) is 0 Å². The summed E-state index contributed by atoms with van der Waals surface area (Å²) in [7, 11) is 0. The second-order valence-corrected chi connectivity index (χ2v) is 7.05. The fourth-order valence-corrected chi connectivity index (χ4v) is 3.32. The standard InChI is InChI=1S/C17H12Cl4N2O/c18-12-6-11(7-13(19)9-12)17(24)23-5-1-2-16(22-23)10-3-4-14(20)15(21)8-10/h3-4,6-9H,1-2,5H2. The monoisotopic (exact) mass is 400 g/mol. The highest BCUT2D eigenvalue weighted by Crippen LogP contribution is 2.26. The molecule has 0 N–H and O–H groups in total. The van der Waals surface area contributed by atoms with E-state index in [2.05, 4.69) is 5.10 Å². The Bertz CT molecular complexity index is 815. The summed E-state index contributed by atoms with van der Waals surface area (Å²) in [6, 6.07) is 10.1. The van der Waals surface area contributed by atoms with Gasteiger partial charge in [-0.1, -0.05) is 52.5 Å². The fraction of sp³-hybridized carbons (Fsp3) is 0.176. The molecule has 0 saturated carbocycles. The summed E-state index contributed by atoms with van der Waals surface area (Å²) >= 11 is 24.0. The van der Waals surface area contributed by atoms with Crippen LogP contribution in [-0.4, -0.2) is 23.2 Å². The quantitative estimate of drug-likeness (QED) is 0.612. The number of benzene rings is 2. The zero-order valence-corrected chi connectivity index (χ0v) is 15.4. The minimum atomic E-state index is -0.239.